The number of esters is 1. The Morgan fingerprint density at radius 1 is 1.03 bits per heavy atom. The molecule has 1 amide bonds. The molecule has 0 saturated heterocycles. The van der Waals surface area contributed by atoms with Gasteiger partial charge in [-0.1, -0.05) is 46.4 Å². The van der Waals surface area contributed by atoms with Gasteiger partial charge in [-0.25, -0.2) is 4.79 Å². The highest BCUT2D eigenvalue weighted by molar-refractivity contribution is 6.48. The van der Waals surface area contributed by atoms with Crippen molar-refractivity contribution in [2.75, 3.05) is 6.61 Å². The average molecular weight is 528 g/mol. The minimum absolute atomic E-state index is 0.0587. The molecule has 1 atom stereocenters. The van der Waals surface area contributed by atoms with Crippen LogP contribution in [0.5, 0.6) is 0 Å². The topological polar surface area (TPSA) is 71.2 Å². The number of hydrogen-bond donors (Lipinski definition) is 2. The zero-order chi connectivity index (χ0) is 23.8. The van der Waals surface area contributed by atoms with Gasteiger partial charge in [-0.05, 0) is 42.8 Å². The van der Waals surface area contributed by atoms with E-state index in [1.54, 1.807) is 6.92 Å². The van der Waals surface area contributed by atoms with Crippen LogP contribution in [0.25, 0.3) is 10.9 Å². The van der Waals surface area contributed by atoms with Crippen LogP contribution in [0, 0.1) is 0 Å². The standard InChI is InChI=1S/C20H13Cl4F3N2O3/c1-2-32-19(31)10-3-8-6-15(28-14(8)7-11(10)21)18(30)29-17(20(25,26)27)9-4-12(22)16(24)13(23)5-9/h3-7,17,28H,2H2,1H3,(H,29,30). The van der Waals surface area contributed by atoms with Crippen LogP contribution in [0.4, 0.5) is 13.2 Å². The molecule has 0 spiro atoms. The van der Waals surface area contributed by atoms with Gasteiger partial charge in [0.2, 0.25) is 0 Å². The van der Waals surface area contributed by atoms with Gasteiger partial charge in [-0.15, -0.1) is 0 Å². The molecule has 0 bridgehead atoms. The van der Waals surface area contributed by atoms with Gasteiger partial charge in [0, 0.05) is 10.9 Å². The summed E-state index contributed by atoms with van der Waals surface area (Å²) in [6, 6.07) is 3.59. The van der Waals surface area contributed by atoms with Crippen LogP contribution in [-0.4, -0.2) is 29.6 Å². The first kappa shape index (κ1) is 24.5. The second kappa shape index (κ2) is 9.39. The van der Waals surface area contributed by atoms with Crippen molar-refractivity contribution in [3.8, 4) is 0 Å². The van der Waals surface area contributed by atoms with Crippen LogP contribution < -0.4 is 5.32 Å². The molecule has 12 heteroatoms. The number of carbonyl (C=O) groups excluding carboxylic acids is 2. The van der Waals surface area contributed by atoms with E-state index in [0.29, 0.717) is 10.9 Å². The maximum atomic E-state index is 13.7. The molecule has 1 aromatic heterocycles. The van der Waals surface area contributed by atoms with Crippen LogP contribution in [0.1, 0.15) is 39.4 Å². The Labute approximate surface area is 199 Å². The summed E-state index contributed by atoms with van der Waals surface area (Å²) in [5.74, 6) is -1.72. The zero-order valence-corrected chi connectivity index (χ0v) is 19.1. The molecule has 0 saturated carbocycles. The molecule has 2 N–H and O–H groups in total. The Hall–Kier alpha value is -2.13. The monoisotopic (exact) mass is 526 g/mol. The molecule has 0 radical (unpaired) electrons. The fourth-order valence-corrected chi connectivity index (χ4v) is 3.80. The Morgan fingerprint density at radius 3 is 2.22 bits per heavy atom. The molecule has 0 aliphatic heterocycles. The van der Waals surface area contributed by atoms with Crippen LogP contribution in [0.15, 0.2) is 30.3 Å². The SMILES string of the molecule is CCOC(=O)c1cc2cc(C(=O)NC(c3cc(Cl)c(Cl)c(Cl)c3)C(F)(F)F)[nH]c2cc1Cl. The third-order valence-corrected chi connectivity index (χ3v) is 5.90. The number of carbonyl (C=O) groups is 2. The van der Waals surface area contributed by atoms with E-state index in [4.69, 9.17) is 51.1 Å². The van der Waals surface area contributed by atoms with Crippen molar-refractivity contribution in [2.24, 2.45) is 0 Å². The molecule has 0 aliphatic rings. The minimum atomic E-state index is -4.86. The first-order valence-corrected chi connectivity index (χ1v) is 10.4. The first-order chi connectivity index (χ1) is 14.9. The van der Waals surface area contributed by atoms with Crippen molar-refractivity contribution in [2.45, 2.75) is 19.1 Å². The Balaban J connectivity index is 1.95. The Kier molecular flexibility index (Phi) is 7.19. The van der Waals surface area contributed by atoms with E-state index in [0.717, 1.165) is 12.1 Å². The van der Waals surface area contributed by atoms with Crippen molar-refractivity contribution in [3.63, 3.8) is 0 Å². The lowest BCUT2D eigenvalue weighted by molar-refractivity contribution is -0.155. The number of nitrogens with one attached hydrogen (secondary N) is 2. The van der Waals surface area contributed by atoms with Crippen molar-refractivity contribution in [1.29, 1.82) is 0 Å². The first-order valence-electron chi connectivity index (χ1n) is 8.93. The molecule has 0 aliphatic carbocycles. The summed E-state index contributed by atoms with van der Waals surface area (Å²) in [5, 5.41) is 1.87. The molecule has 3 rings (SSSR count). The summed E-state index contributed by atoms with van der Waals surface area (Å²) >= 11 is 23.6. The smallest absolute Gasteiger partial charge is 0.412 e. The summed E-state index contributed by atoms with van der Waals surface area (Å²) in [7, 11) is 0. The normalized spacial score (nSPS) is 12.6. The maximum Gasteiger partial charge on any atom is 0.412 e. The average Bonchev–Trinajstić information content (AvgIpc) is 3.11. The number of fused-ring (bicyclic) bond motifs is 1. The number of alkyl halides is 3. The lowest BCUT2D eigenvalue weighted by atomic mass is 10.1. The molecule has 1 heterocycles. The second-order valence-corrected chi connectivity index (χ2v) is 8.17. The molecule has 170 valence electrons. The number of hydrogen-bond acceptors (Lipinski definition) is 3. The third-order valence-electron chi connectivity index (χ3n) is 4.39. The second-order valence-electron chi connectivity index (χ2n) is 6.57. The fraction of sp³-hybridized carbons (Fsp3) is 0.200. The van der Waals surface area contributed by atoms with E-state index >= 15 is 0 Å². The number of aromatic nitrogens is 1. The van der Waals surface area contributed by atoms with Crippen LogP contribution in [0.3, 0.4) is 0 Å². The van der Waals surface area contributed by atoms with Gasteiger partial charge in [-0.3, -0.25) is 4.79 Å². The highest BCUT2D eigenvalue weighted by atomic mass is 35.5. The number of benzene rings is 2. The molecule has 0 fully saturated rings. The van der Waals surface area contributed by atoms with E-state index in [1.165, 1.54) is 18.2 Å². The summed E-state index contributed by atoms with van der Waals surface area (Å²) in [5.41, 5.74) is -0.175. The van der Waals surface area contributed by atoms with E-state index < -0.39 is 29.7 Å². The van der Waals surface area contributed by atoms with Crippen molar-refractivity contribution >= 4 is 69.2 Å². The van der Waals surface area contributed by atoms with Gasteiger partial charge in [0.25, 0.3) is 5.91 Å². The number of rotatable bonds is 5. The summed E-state index contributed by atoms with van der Waals surface area (Å²) < 4.78 is 46.0. The third kappa shape index (κ3) is 5.09. The van der Waals surface area contributed by atoms with Gasteiger partial charge in [0.05, 0.1) is 32.3 Å². The highest BCUT2D eigenvalue weighted by Crippen LogP contribution is 2.39. The zero-order valence-electron chi connectivity index (χ0n) is 16.0. The lowest BCUT2D eigenvalue weighted by Gasteiger charge is -2.22. The number of amides is 1. The van der Waals surface area contributed by atoms with Gasteiger partial charge in [0.1, 0.15) is 5.69 Å². The lowest BCUT2D eigenvalue weighted by Crippen LogP contribution is -2.38. The number of aromatic amines is 1. The predicted molar refractivity (Wildman–Crippen MR) is 117 cm³/mol. The summed E-state index contributed by atoms with van der Waals surface area (Å²) in [6.45, 7) is 1.76. The molecule has 5 nitrogen and oxygen atoms in total. The highest BCUT2D eigenvalue weighted by Gasteiger charge is 2.42. The van der Waals surface area contributed by atoms with Crippen LogP contribution in [0.2, 0.25) is 20.1 Å². The number of ether oxygens (including phenoxy) is 1. The minimum Gasteiger partial charge on any atom is -0.462 e. The molecule has 32 heavy (non-hydrogen) atoms. The molecule has 1 unspecified atom stereocenters. The molecular weight excluding hydrogens is 515 g/mol. The van der Waals surface area contributed by atoms with Crippen molar-refractivity contribution < 1.29 is 27.5 Å². The number of H-pyrrole nitrogens is 1. The molecule has 2 aromatic carbocycles. The van der Waals surface area contributed by atoms with Crippen LogP contribution >= 0.6 is 46.4 Å². The van der Waals surface area contributed by atoms with Gasteiger partial charge in [0.15, 0.2) is 6.04 Å². The summed E-state index contributed by atoms with van der Waals surface area (Å²) in [4.78, 5) is 27.3. The number of halogens is 7. The molecule has 3 aromatic rings. The van der Waals surface area contributed by atoms with Crippen molar-refractivity contribution in [3.05, 3.63) is 67.2 Å². The fourth-order valence-electron chi connectivity index (χ4n) is 2.95. The van der Waals surface area contributed by atoms with Gasteiger partial charge >= 0.3 is 12.1 Å². The molecular formula is C20H13Cl4F3N2O3. The largest absolute Gasteiger partial charge is 0.462 e. The predicted octanol–water partition coefficient (Wildman–Crippen LogP) is 6.99. The maximum absolute atomic E-state index is 13.7. The van der Waals surface area contributed by atoms with Crippen LogP contribution in [-0.2, 0) is 4.74 Å². The van der Waals surface area contributed by atoms with E-state index in [9.17, 15) is 22.8 Å². The van der Waals surface area contributed by atoms with Crippen molar-refractivity contribution in [1.82, 2.24) is 10.3 Å². The van der Waals surface area contributed by atoms with E-state index in [1.807, 2.05) is 5.32 Å². The Morgan fingerprint density at radius 2 is 1.66 bits per heavy atom. The van der Waals surface area contributed by atoms with E-state index in [2.05, 4.69) is 4.98 Å². The quantitative estimate of drug-likeness (QED) is 0.277. The summed E-state index contributed by atoms with van der Waals surface area (Å²) in [6.07, 6.45) is -4.86. The van der Waals surface area contributed by atoms with E-state index in [-0.39, 0.29) is 38.0 Å². The van der Waals surface area contributed by atoms with Gasteiger partial charge < -0.3 is 15.0 Å². The van der Waals surface area contributed by atoms with Gasteiger partial charge in [-0.2, -0.15) is 13.2 Å². The Bertz CT molecular complexity index is 1190.